The highest BCUT2D eigenvalue weighted by Gasteiger charge is 2.39. The molecule has 1 aromatic carbocycles. The SMILES string of the molecule is Cc1cc(SNC2CC(C(C)C)C2)ccc1Nc1ncc(C(F)(F)F)c(N2CCCC(C)(O)C2)n1. The van der Waals surface area contributed by atoms with Gasteiger partial charge in [-0.25, -0.2) is 4.98 Å². The Morgan fingerprint density at radius 1 is 1.26 bits per heavy atom. The van der Waals surface area contributed by atoms with Crippen molar-refractivity contribution in [2.24, 2.45) is 11.8 Å². The van der Waals surface area contributed by atoms with Crippen LogP contribution >= 0.6 is 11.9 Å². The predicted octanol–water partition coefficient (Wildman–Crippen LogP) is 5.93. The number of β-amino-alcohol motifs (C(OH)–C–C–N with tert-alkyl or cyclic N) is 1. The van der Waals surface area contributed by atoms with Crippen molar-refractivity contribution >= 4 is 29.4 Å². The molecule has 6 nitrogen and oxygen atoms in total. The third-order valence-corrected chi connectivity index (χ3v) is 7.89. The summed E-state index contributed by atoms with van der Waals surface area (Å²) >= 11 is 1.61. The molecule has 0 spiro atoms. The van der Waals surface area contributed by atoms with Crippen LogP contribution in [0.25, 0.3) is 0 Å². The predicted molar refractivity (Wildman–Crippen MR) is 134 cm³/mol. The molecule has 1 unspecified atom stereocenters. The Labute approximate surface area is 209 Å². The monoisotopic (exact) mass is 509 g/mol. The van der Waals surface area contributed by atoms with Gasteiger partial charge < -0.3 is 15.3 Å². The lowest BCUT2D eigenvalue weighted by molar-refractivity contribution is -0.137. The first-order valence-electron chi connectivity index (χ1n) is 12.1. The average molecular weight is 510 g/mol. The van der Waals surface area contributed by atoms with E-state index in [0.717, 1.165) is 34.2 Å². The van der Waals surface area contributed by atoms with Crippen LogP contribution in [0.3, 0.4) is 0 Å². The Morgan fingerprint density at radius 2 is 2.00 bits per heavy atom. The third kappa shape index (κ3) is 6.40. The lowest BCUT2D eigenvalue weighted by Crippen LogP contribution is -2.47. The zero-order valence-corrected chi connectivity index (χ0v) is 21.4. The fourth-order valence-electron chi connectivity index (χ4n) is 4.69. The van der Waals surface area contributed by atoms with Gasteiger partial charge in [-0.2, -0.15) is 18.2 Å². The summed E-state index contributed by atoms with van der Waals surface area (Å²) in [7, 11) is 0. The van der Waals surface area contributed by atoms with Crippen LogP contribution < -0.4 is 14.9 Å². The van der Waals surface area contributed by atoms with Gasteiger partial charge in [0.05, 0.1) is 5.60 Å². The highest BCUT2D eigenvalue weighted by molar-refractivity contribution is 7.97. The average Bonchev–Trinajstić information content (AvgIpc) is 2.72. The van der Waals surface area contributed by atoms with Crippen molar-refractivity contribution in [3.8, 4) is 0 Å². The van der Waals surface area contributed by atoms with E-state index in [0.29, 0.717) is 25.4 Å². The third-order valence-electron chi connectivity index (χ3n) is 6.95. The van der Waals surface area contributed by atoms with Crippen molar-refractivity contribution in [3.05, 3.63) is 35.5 Å². The van der Waals surface area contributed by atoms with Crippen LogP contribution in [0.2, 0.25) is 0 Å². The van der Waals surface area contributed by atoms with Gasteiger partial charge in [-0.15, -0.1) is 0 Å². The smallest absolute Gasteiger partial charge is 0.388 e. The minimum absolute atomic E-state index is 0.0867. The van der Waals surface area contributed by atoms with Crippen LogP contribution in [0.1, 0.15) is 57.6 Å². The Balaban J connectivity index is 1.46. The first kappa shape index (κ1) is 26.0. The number of aromatic nitrogens is 2. The van der Waals surface area contributed by atoms with Crippen molar-refractivity contribution in [3.63, 3.8) is 0 Å². The molecule has 1 saturated heterocycles. The number of hydrogen-bond acceptors (Lipinski definition) is 7. The lowest BCUT2D eigenvalue weighted by atomic mass is 9.74. The topological polar surface area (TPSA) is 73.3 Å². The van der Waals surface area contributed by atoms with E-state index >= 15 is 0 Å². The fraction of sp³-hybridized carbons (Fsp3) is 0.600. The maximum atomic E-state index is 13.7. The maximum Gasteiger partial charge on any atom is 0.421 e. The van der Waals surface area contributed by atoms with E-state index in [9.17, 15) is 18.3 Å². The van der Waals surface area contributed by atoms with Gasteiger partial charge in [-0.3, -0.25) is 4.72 Å². The van der Waals surface area contributed by atoms with Crippen molar-refractivity contribution in [2.75, 3.05) is 23.3 Å². The zero-order valence-electron chi connectivity index (χ0n) is 20.6. The molecule has 1 aliphatic heterocycles. The van der Waals surface area contributed by atoms with Gasteiger partial charge in [0.15, 0.2) is 0 Å². The number of nitrogens with zero attached hydrogens (tertiary/aromatic N) is 3. The molecule has 1 saturated carbocycles. The van der Waals surface area contributed by atoms with E-state index in [2.05, 4.69) is 33.9 Å². The van der Waals surface area contributed by atoms with Gasteiger partial charge in [-0.05, 0) is 87.1 Å². The number of piperidine rings is 1. The number of anilines is 3. The number of hydrogen-bond donors (Lipinski definition) is 3. The van der Waals surface area contributed by atoms with Crippen molar-refractivity contribution in [1.29, 1.82) is 0 Å². The maximum absolute atomic E-state index is 13.7. The molecule has 0 amide bonds. The van der Waals surface area contributed by atoms with Gasteiger partial charge in [0.1, 0.15) is 11.4 Å². The number of benzene rings is 1. The first-order valence-corrected chi connectivity index (χ1v) is 12.9. The Hall–Kier alpha value is -2.04. The zero-order chi connectivity index (χ0) is 25.4. The molecular formula is C25H34F3N5OS. The highest BCUT2D eigenvalue weighted by atomic mass is 32.2. The number of halogens is 3. The van der Waals surface area contributed by atoms with Crippen LogP contribution in [-0.2, 0) is 6.18 Å². The van der Waals surface area contributed by atoms with Crippen LogP contribution in [0.15, 0.2) is 29.3 Å². The van der Waals surface area contributed by atoms with Crippen molar-refractivity contribution in [2.45, 2.75) is 76.1 Å². The molecule has 1 atom stereocenters. The van der Waals surface area contributed by atoms with Crippen LogP contribution in [0.5, 0.6) is 0 Å². The summed E-state index contributed by atoms with van der Waals surface area (Å²) in [6.45, 7) is 8.59. The molecular weight excluding hydrogens is 475 g/mol. The molecule has 1 aliphatic carbocycles. The van der Waals surface area contributed by atoms with Gasteiger partial charge in [-0.1, -0.05) is 13.8 Å². The Kier molecular flexibility index (Phi) is 7.54. The summed E-state index contributed by atoms with van der Waals surface area (Å²) in [5, 5.41) is 13.5. The minimum atomic E-state index is -4.59. The number of alkyl halides is 3. The number of aliphatic hydroxyl groups is 1. The van der Waals surface area contributed by atoms with Gasteiger partial charge >= 0.3 is 6.18 Å². The molecule has 2 aliphatic rings. The van der Waals surface area contributed by atoms with Gasteiger partial charge in [0.2, 0.25) is 5.95 Å². The molecule has 2 aromatic rings. The fourth-order valence-corrected chi connectivity index (χ4v) is 5.56. The van der Waals surface area contributed by atoms with Crippen LogP contribution in [-0.4, -0.2) is 39.8 Å². The van der Waals surface area contributed by atoms with E-state index in [1.165, 1.54) is 17.7 Å². The van der Waals surface area contributed by atoms with Crippen molar-refractivity contribution < 1.29 is 18.3 Å². The lowest BCUT2D eigenvalue weighted by Gasteiger charge is -2.38. The van der Waals surface area contributed by atoms with Crippen LogP contribution in [0, 0.1) is 18.8 Å². The molecule has 35 heavy (non-hydrogen) atoms. The summed E-state index contributed by atoms with van der Waals surface area (Å²) in [6.07, 6.45) is -0.247. The molecule has 2 fully saturated rings. The normalized spacial score (nSPS) is 25.0. The molecule has 0 radical (unpaired) electrons. The summed E-state index contributed by atoms with van der Waals surface area (Å²) in [5.74, 6) is 1.41. The Bertz CT molecular complexity index is 1040. The standard InChI is InChI=1S/C25H34F3N5OS/c1-15(2)17-11-18(12-17)32-35-19-6-7-21(16(3)10-19)30-23-29-13-20(25(26,27)28)22(31-23)33-9-5-8-24(4,34)14-33/h6-7,10,13,15,17-18,32,34H,5,8-9,11-12,14H2,1-4H3,(H,29,30,31). The van der Waals surface area contributed by atoms with Crippen molar-refractivity contribution in [1.82, 2.24) is 14.7 Å². The quantitative estimate of drug-likeness (QED) is 0.400. The Morgan fingerprint density at radius 3 is 2.63 bits per heavy atom. The number of aryl methyl sites for hydroxylation is 1. The largest absolute Gasteiger partial charge is 0.421 e. The number of nitrogens with one attached hydrogen (secondary N) is 2. The van der Waals surface area contributed by atoms with E-state index in [1.54, 1.807) is 18.9 Å². The molecule has 1 aromatic heterocycles. The van der Waals surface area contributed by atoms with Crippen LogP contribution in [0.4, 0.5) is 30.6 Å². The summed E-state index contributed by atoms with van der Waals surface area (Å²) in [6, 6.07) is 6.42. The molecule has 4 rings (SSSR count). The van der Waals surface area contributed by atoms with E-state index in [-0.39, 0.29) is 18.3 Å². The second-order valence-corrected chi connectivity index (χ2v) is 11.4. The molecule has 3 N–H and O–H groups in total. The molecule has 192 valence electrons. The minimum Gasteiger partial charge on any atom is -0.388 e. The molecule has 0 bridgehead atoms. The van der Waals surface area contributed by atoms with Gasteiger partial charge in [0, 0.05) is 35.9 Å². The number of rotatable bonds is 7. The van der Waals surface area contributed by atoms with E-state index < -0.39 is 17.3 Å². The molecule has 10 heteroatoms. The highest BCUT2D eigenvalue weighted by Crippen LogP contribution is 2.38. The van der Waals surface area contributed by atoms with E-state index in [4.69, 9.17) is 0 Å². The molecule has 2 heterocycles. The second kappa shape index (κ2) is 10.1. The summed E-state index contributed by atoms with van der Waals surface area (Å²) in [4.78, 5) is 10.8. The van der Waals surface area contributed by atoms with E-state index in [1.807, 2.05) is 25.1 Å². The summed E-state index contributed by atoms with van der Waals surface area (Å²) < 4.78 is 44.6. The second-order valence-electron chi connectivity index (χ2n) is 10.4. The first-order chi connectivity index (χ1) is 16.4. The summed E-state index contributed by atoms with van der Waals surface area (Å²) in [5.41, 5.74) is -0.288. The van der Waals surface area contributed by atoms with Gasteiger partial charge in [0.25, 0.3) is 0 Å².